The zero-order valence-corrected chi connectivity index (χ0v) is 11.6. The molecule has 0 aliphatic heterocycles. The second kappa shape index (κ2) is 5.99. The maximum Gasteiger partial charge on any atom is 0.245 e. The number of hydrogen-bond acceptors (Lipinski definition) is 7. The van der Waals surface area contributed by atoms with E-state index in [2.05, 4.69) is 10.5 Å². The molecule has 2 rings (SSSR count). The van der Waals surface area contributed by atoms with Gasteiger partial charge in [-0.25, -0.2) is 13.8 Å². The molecule has 2 heterocycles. The van der Waals surface area contributed by atoms with Gasteiger partial charge in [-0.15, -0.1) is 11.3 Å². The summed E-state index contributed by atoms with van der Waals surface area (Å²) in [5, 5.41) is 4.78. The summed E-state index contributed by atoms with van der Waals surface area (Å²) in [6.45, 7) is 0. The van der Waals surface area contributed by atoms with Gasteiger partial charge in [0.05, 0.1) is 12.6 Å². The molecule has 0 aliphatic carbocycles. The Bertz CT molecular complexity index is 716. The van der Waals surface area contributed by atoms with Crippen molar-refractivity contribution < 1.29 is 22.2 Å². The van der Waals surface area contributed by atoms with Gasteiger partial charge in [0.2, 0.25) is 11.0 Å². The van der Waals surface area contributed by atoms with E-state index in [0.717, 1.165) is 17.2 Å². The molecule has 0 aromatic carbocycles. The van der Waals surface area contributed by atoms with Gasteiger partial charge in [0.1, 0.15) is 5.76 Å². The Hall–Kier alpha value is -1.97. The van der Waals surface area contributed by atoms with Gasteiger partial charge >= 0.3 is 0 Å². The van der Waals surface area contributed by atoms with E-state index in [9.17, 15) is 17.8 Å². The molecule has 0 radical (unpaired) electrons. The smallest absolute Gasteiger partial charge is 0.245 e. The Morgan fingerprint density at radius 1 is 1.45 bits per heavy atom. The van der Waals surface area contributed by atoms with Crippen LogP contribution in [-0.2, 0) is 21.3 Å². The number of carbonyl (C=O) groups is 1. The Labute approximate surface area is 118 Å². The normalized spacial score (nSPS) is 11.8. The Balaban J connectivity index is 1.90. The number of carbonyl (C=O) groups excluding carboxylic acids is 1. The van der Waals surface area contributed by atoms with E-state index in [-0.39, 0.29) is 18.1 Å². The summed E-state index contributed by atoms with van der Waals surface area (Å²) in [4.78, 5) is 12.4. The van der Waals surface area contributed by atoms with E-state index in [4.69, 9.17) is 4.42 Å². The van der Waals surface area contributed by atoms with Crippen molar-refractivity contribution in [1.82, 2.24) is 5.43 Å². The number of amides is 1. The van der Waals surface area contributed by atoms with E-state index in [1.54, 1.807) is 0 Å². The van der Waals surface area contributed by atoms with Crippen LogP contribution >= 0.6 is 11.3 Å². The second-order valence-electron chi connectivity index (χ2n) is 3.66. The second-order valence-corrected chi connectivity index (χ2v) is 6.00. The fourth-order valence-corrected chi connectivity index (χ4v) is 2.45. The molecule has 2 aromatic rings. The van der Waals surface area contributed by atoms with Crippen molar-refractivity contribution in [2.45, 2.75) is 11.5 Å². The lowest BCUT2D eigenvalue weighted by Gasteiger charge is -2.00. The van der Waals surface area contributed by atoms with Crippen molar-refractivity contribution in [3.05, 3.63) is 40.3 Å². The van der Waals surface area contributed by atoms with E-state index in [1.807, 2.05) is 17.5 Å². The maximum atomic E-state index is 11.5. The van der Waals surface area contributed by atoms with Crippen molar-refractivity contribution in [2.24, 2.45) is 5.10 Å². The lowest BCUT2D eigenvalue weighted by atomic mass is 10.3. The highest BCUT2D eigenvalue weighted by atomic mass is 32.2. The van der Waals surface area contributed by atoms with E-state index in [1.165, 1.54) is 17.4 Å². The number of hydrogen-bond donors (Lipinski definition) is 1. The summed E-state index contributed by atoms with van der Waals surface area (Å²) in [5.74, 6) is -0.261. The number of furan rings is 1. The highest BCUT2D eigenvalue weighted by molar-refractivity contribution is 7.85. The summed E-state index contributed by atoms with van der Waals surface area (Å²) in [7, 11) is -4.62. The summed E-state index contributed by atoms with van der Waals surface area (Å²) in [6, 6.07) is 5.95. The van der Waals surface area contributed by atoms with Gasteiger partial charge in [0, 0.05) is 4.88 Å². The standard InChI is InChI=1S/C11H10N2O5S2/c14-10(6-9-2-1-5-19-9)13-12-7-8-3-4-11(18-8)20(15,16)17/h1-5,7H,6H2,(H,13,14)(H,15,16,17)/p-1. The molecule has 106 valence electrons. The minimum absolute atomic E-state index is 0.0517. The van der Waals surface area contributed by atoms with Crippen LogP contribution in [0.4, 0.5) is 0 Å². The third-order valence-electron chi connectivity index (χ3n) is 2.14. The first-order valence-corrected chi connectivity index (χ1v) is 7.64. The molecular weight excluding hydrogens is 304 g/mol. The Morgan fingerprint density at radius 2 is 2.25 bits per heavy atom. The van der Waals surface area contributed by atoms with Crippen LogP contribution in [-0.4, -0.2) is 25.1 Å². The van der Waals surface area contributed by atoms with Gasteiger partial charge in [-0.3, -0.25) is 4.79 Å². The molecule has 0 aliphatic rings. The van der Waals surface area contributed by atoms with Crippen LogP contribution in [0.15, 0.2) is 44.3 Å². The van der Waals surface area contributed by atoms with Gasteiger partial charge in [-0.1, -0.05) is 6.07 Å². The van der Waals surface area contributed by atoms with Crippen molar-refractivity contribution in [3.8, 4) is 0 Å². The predicted molar refractivity (Wildman–Crippen MR) is 70.4 cm³/mol. The average Bonchev–Trinajstić information content (AvgIpc) is 2.98. The highest BCUT2D eigenvalue weighted by Crippen LogP contribution is 2.11. The van der Waals surface area contributed by atoms with Crippen LogP contribution < -0.4 is 5.43 Å². The van der Waals surface area contributed by atoms with Crippen molar-refractivity contribution in [2.75, 3.05) is 0 Å². The molecule has 7 nitrogen and oxygen atoms in total. The zero-order chi connectivity index (χ0) is 14.6. The maximum absolute atomic E-state index is 11.5. The molecule has 0 unspecified atom stereocenters. The highest BCUT2D eigenvalue weighted by Gasteiger charge is 2.07. The molecule has 0 bridgehead atoms. The lowest BCUT2D eigenvalue weighted by molar-refractivity contribution is -0.120. The van der Waals surface area contributed by atoms with Gasteiger partial charge in [0.15, 0.2) is 10.1 Å². The molecule has 0 saturated carbocycles. The SMILES string of the molecule is O=C(Cc1cccs1)NN=Cc1ccc(S(=O)(=O)[O-])o1. The van der Waals surface area contributed by atoms with Gasteiger partial charge in [-0.05, 0) is 23.6 Å². The molecule has 0 fully saturated rings. The van der Waals surface area contributed by atoms with E-state index < -0.39 is 15.2 Å². The van der Waals surface area contributed by atoms with Crippen LogP contribution in [0.1, 0.15) is 10.6 Å². The quantitative estimate of drug-likeness (QED) is 0.501. The lowest BCUT2D eigenvalue weighted by Crippen LogP contribution is -2.19. The monoisotopic (exact) mass is 313 g/mol. The topological polar surface area (TPSA) is 112 Å². The van der Waals surface area contributed by atoms with Crippen LogP contribution in [0.2, 0.25) is 0 Å². The van der Waals surface area contributed by atoms with Crippen LogP contribution in [0.5, 0.6) is 0 Å². The first kappa shape index (κ1) is 14.4. The van der Waals surface area contributed by atoms with E-state index in [0.29, 0.717) is 0 Å². The largest absolute Gasteiger partial charge is 0.742 e. The molecule has 0 atom stereocenters. The molecule has 1 N–H and O–H groups in total. The minimum atomic E-state index is -4.62. The molecule has 20 heavy (non-hydrogen) atoms. The average molecular weight is 313 g/mol. The van der Waals surface area contributed by atoms with Crippen LogP contribution in [0, 0.1) is 0 Å². The Kier molecular flexibility index (Phi) is 4.32. The van der Waals surface area contributed by atoms with Gasteiger partial charge < -0.3 is 8.97 Å². The molecule has 1 amide bonds. The summed E-state index contributed by atoms with van der Waals surface area (Å²) >= 11 is 1.45. The third-order valence-corrected chi connectivity index (χ3v) is 3.73. The first-order chi connectivity index (χ1) is 9.45. The number of nitrogens with zero attached hydrogens (tertiary/aromatic N) is 1. The minimum Gasteiger partial charge on any atom is -0.742 e. The third kappa shape index (κ3) is 4.02. The predicted octanol–water partition coefficient (Wildman–Crippen LogP) is 0.938. The summed E-state index contributed by atoms with van der Waals surface area (Å²) < 4.78 is 36.7. The summed E-state index contributed by atoms with van der Waals surface area (Å²) in [5.41, 5.74) is 2.27. The fraction of sp³-hybridized carbons (Fsp3) is 0.0909. The van der Waals surface area contributed by atoms with Crippen molar-refractivity contribution in [1.29, 1.82) is 0 Å². The fourth-order valence-electron chi connectivity index (χ4n) is 1.32. The van der Waals surface area contributed by atoms with Crippen molar-refractivity contribution >= 4 is 33.6 Å². The van der Waals surface area contributed by atoms with Crippen LogP contribution in [0.3, 0.4) is 0 Å². The molecule has 9 heteroatoms. The Morgan fingerprint density at radius 3 is 2.85 bits per heavy atom. The first-order valence-electron chi connectivity index (χ1n) is 5.35. The van der Waals surface area contributed by atoms with Crippen molar-refractivity contribution in [3.63, 3.8) is 0 Å². The van der Waals surface area contributed by atoms with Gasteiger partial charge in [0.25, 0.3) is 0 Å². The van der Waals surface area contributed by atoms with Crippen LogP contribution in [0.25, 0.3) is 0 Å². The number of rotatable bonds is 5. The molecular formula is C11H9N2O5S2-. The molecule has 0 spiro atoms. The number of thiophene rings is 1. The number of nitrogens with one attached hydrogen (secondary N) is 1. The summed E-state index contributed by atoms with van der Waals surface area (Å²) in [6.07, 6.45) is 1.31. The number of hydrazone groups is 1. The molecule has 0 saturated heterocycles. The van der Waals surface area contributed by atoms with Gasteiger partial charge in [-0.2, -0.15) is 5.10 Å². The van der Waals surface area contributed by atoms with E-state index >= 15 is 0 Å². The molecule has 2 aromatic heterocycles. The zero-order valence-electron chi connectivity index (χ0n) is 9.98.